The Bertz CT molecular complexity index is 251. The van der Waals surface area contributed by atoms with Gasteiger partial charge in [-0.25, -0.2) is 0 Å². The Balaban J connectivity index is 4.31. The Labute approximate surface area is 81.0 Å². The lowest BCUT2D eigenvalue weighted by Gasteiger charge is -2.14. The van der Waals surface area contributed by atoms with E-state index in [1.807, 2.05) is 0 Å². The molecule has 0 aromatic heterocycles. The molecule has 0 spiro atoms. The number of amides is 3. The zero-order valence-electron chi connectivity index (χ0n) is 7.82. The normalized spacial score (nSPS) is 14.1. The minimum atomic E-state index is -1.09. The summed E-state index contributed by atoms with van der Waals surface area (Å²) in [4.78, 5) is 32.3. The van der Waals surface area contributed by atoms with Crippen molar-refractivity contribution in [3.63, 3.8) is 0 Å². The van der Waals surface area contributed by atoms with E-state index in [0.717, 1.165) is 0 Å². The van der Waals surface area contributed by atoms with Crippen molar-refractivity contribution in [3.05, 3.63) is 0 Å². The summed E-state index contributed by atoms with van der Waals surface area (Å²) in [5.74, 6) is -2.10. The van der Waals surface area contributed by atoms with Gasteiger partial charge in [0.15, 0.2) is 0 Å². The van der Waals surface area contributed by atoms with Crippen LogP contribution in [0, 0.1) is 0 Å². The zero-order valence-corrected chi connectivity index (χ0v) is 7.82. The Hall–Kier alpha value is -1.63. The van der Waals surface area contributed by atoms with Crippen molar-refractivity contribution >= 4 is 17.7 Å². The number of hydrogen-bond acceptors (Lipinski definition) is 4. The summed E-state index contributed by atoms with van der Waals surface area (Å²) in [6, 6.07) is -1.87. The molecule has 7 nitrogen and oxygen atoms in total. The van der Waals surface area contributed by atoms with Crippen LogP contribution in [0.3, 0.4) is 0 Å². The molecular weight excluding hydrogens is 188 g/mol. The summed E-state index contributed by atoms with van der Waals surface area (Å²) in [6.07, 6.45) is -0.326. The average molecular weight is 202 g/mol. The molecule has 0 heterocycles. The van der Waals surface area contributed by atoms with Gasteiger partial charge < -0.3 is 22.5 Å². The van der Waals surface area contributed by atoms with Gasteiger partial charge in [-0.05, 0) is 6.92 Å². The molecule has 0 aliphatic rings. The lowest BCUT2D eigenvalue weighted by Crippen LogP contribution is -2.50. The van der Waals surface area contributed by atoms with Gasteiger partial charge in [-0.3, -0.25) is 14.4 Å². The van der Waals surface area contributed by atoms with Gasteiger partial charge in [-0.1, -0.05) is 0 Å². The summed E-state index contributed by atoms with van der Waals surface area (Å²) in [7, 11) is 0. The molecule has 7 heteroatoms. The predicted octanol–water partition coefficient (Wildman–Crippen LogP) is -2.82. The Morgan fingerprint density at radius 1 is 1.29 bits per heavy atom. The molecule has 0 aliphatic carbocycles. The van der Waals surface area contributed by atoms with E-state index in [9.17, 15) is 14.4 Å². The number of carbonyl (C=O) groups excluding carboxylic acids is 3. The average Bonchev–Trinajstić information content (AvgIpc) is 2.01. The Morgan fingerprint density at radius 3 is 2.07 bits per heavy atom. The number of nitrogens with one attached hydrogen (secondary N) is 1. The molecule has 0 rings (SSSR count). The smallest absolute Gasteiger partial charge is 0.240 e. The lowest BCUT2D eigenvalue weighted by atomic mass is 10.1. The fraction of sp³-hybridized carbons (Fsp3) is 0.571. The molecule has 80 valence electrons. The van der Waals surface area contributed by atoms with Crippen LogP contribution in [0.2, 0.25) is 0 Å². The zero-order chi connectivity index (χ0) is 11.3. The molecule has 7 N–H and O–H groups in total. The third kappa shape index (κ3) is 4.41. The molecule has 0 aliphatic heterocycles. The van der Waals surface area contributed by atoms with Crippen molar-refractivity contribution in [2.75, 3.05) is 0 Å². The molecule has 3 amide bonds. The van der Waals surface area contributed by atoms with Gasteiger partial charge in [0.25, 0.3) is 0 Å². The van der Waals surface area contributed by atoms with Gasteiger partial charge in [0.2, 0.25) is 17.7 Å². The van der Waals surface area contributed by atoms with Gasteiger partial charge in [0.05, 0.1) is 12.5 Å². The monoisotopic (exact) mass is 202 g/mol. The summed E-state index contributed by atoms with van der Waals surface area (Å²) in [5, 5.41) is 2.21. The van der Waals surface area contributed by atoms with E-state index in [0.29, 0.717) is 0 Å². The first-order valence-corrected chi connectivity index (χ1v) is 3.98. The number of rotatable bonds is 5. The van der Waals surface area contributed by atoms with Crippen molar-refractivity contribution in [3.8, 4) is 0 Å². The molecule has 0 bridgehead atoms. The van der Waals surface area contributed by atoms with Crippen LogP contribution < -0.4 is 22.5 Å². The molecule has 0 aromatic rings. The fourth-order valence-electron chi connectivity index (χ4n) is 0.727. The first-order chi connectivity index (χ1) is 6.34. The lowest BCUT2D eigenvalue weighted by molar-refractivity contribution is -0.129. The van der Waals surface area contributed by atoms with Crippen LogP contribution in [0.15, 0.2) is 0 Å². The van der Waals surface area contributed by atoms with E-state index in [1.54, 1.807) is 0 Å². The Kier molecular flexibility index (Phi) is 4.57. The molecule has 0 radical (unpaired) electrons. The highest BCUT2D eigenvalue weighted by Crippen LogP contribution is 1.91. The SMILES string of the molecule is C[C@H](N)C(=O)N[C@@H](CC(N)=O)C(N)=O. The summed E-state index contributed by atoms with van der Waals surface area (Å²) in [6.45, 7) is 1.44. The second-order valence-corrected chi connectivity index (χ2v) is 2.92. The first-order valence-electron chi connectivity index (χ1n) is 3.98. The van der Waals surface area contributed by atoms with Gasteiger partial charge >= 0.3 is 0 Å². The maximum absolute atomic E-state index is 11.0. The molecule has 0 aromatic carbocycles. The van der Waals surface area contributed by atoms with Crippen LogP contribution in [0.1, 0.15) is 13.3 Å². The van der Waals surface area contributed by atoms with Crippen molar-refractivity contribution in [1.82, 2.24) is 5.32 Å². The number of carbonyl (C=O) groups is 3. The molecule has 0 unspecified atom stereocenters. The maximum Gasteiger partial charge on any atom is 0.240 e. The van der Waals surface area contributed by atoms with Gasteiger partial charge in [-0.15, -0.1) is 0 Å². The summed E-state index contributed by atoms with van der Waals surface area (Å²) in [5.41, 5.74) is 15.0. The minimum absolute atomic E-state index is 0.326. The van der Waals surface area contributed by atoms with Crippen LogP contribution in [0.5, 0.6) is 0 Å². The molecule has 0 fully saturated rings. The van der Waals surface area contributed by atoms with Crippen LogP contribution in [-0.2, 0) is 14.4 Å². The minimum Gasteiger partial charge on any atom is -0.370 e. The second-order valence-electron chi connectivity index (χ2n) is 2.92. The highest BCUT2D eigenvalue weighted by molar-refractivity contribution is 5.91. The largest absolute Gasteiger partial charge is 0.370 e. The van der Waals surface area contributed by atoms with Crippen LogP contribution >= 0.6 is 0 Å². The molecule has 0 saturated carbocycles. The predicted molar refractivity (Wildman–Crippen MR) is 48.6 cm³/mol. The van der Waals surface area contributed by atoms with Gasteiger partial charge in [-0.2, -0.15) is 0 Å². The van der Waals surface area contributed by atoms with E-state index in [2.05, 4.69) is 5.32 Å². The topological polar surface area (TPSA) is 141 Å². The van der Waals surface area contributed by atoms with Gasteiger partial charge in [0, 0.05) is 0 Å². The number of primary amides is 2. The van der Waals surface area contributed by atoms with E-state index < -0.39 is 29.8 Å². The van der Waals surface area contributed by atoms with E-state index in [1.165, 1.54) is 6.92 Å². The molecule has 0 saturated heterocycles. The van der Waals surface area contributed by atoms with Crippen molar-refractivity contribution in [2.45, 2.75) is 25.4 Å². The first kappa shape index (κ1) is 12.4. The van der Waals surface area contributed by atoms with E-state index in [4.69, 9.17) is 17.2 Å². The third-order valence-corrected chi connectivity index (χ3v) is 1.48. The maximum atomic E-state index is 11.0. The Morgan fingerprint density at radius 2 is 1.79 bits per heavy atom. The van der Waals surface area contributed by atoms with Gasteiger partial charge in [0.1, 0.15) is 6.04 Å². The molecule has 14 heavy (non-hydrogen) atoms. The van der Waals surface area contributed by atoms with E-state index in [-0.39, 0.29) is 6.42 Å². The second kappa shape index (κ2) is 5.18. The fourth-order valence-corrected chi connectivity index (χ4v) is 0.727. The molecule has 2 atom stereocenters. The highest BCUT2D eigenvalue weighted by atomic mass is 16.2. The summed E-state index contributed by atoms with van der Waals surface area (Å²) >= 11 is 0. The summed E-state index contributed by atoms with van der Waals surface area (Å²) < 4.78 is 0. The molecular formula is C7H14N4O3. The highest BCUT2D eigenvalue weighted by Gasteiger charge is 2.21. The van der Waals surface area contributed by atoms with Crippen LogP contribution in [0.4, 0.5) is 0 Å². The third-order valence-electron chi connectivity index (χ3n) is 1.48. The number of hydrogen-bond donors (Lipinski definition) is 4. The van der Waals surface area contributed by atoms with Crippen LogP contribution in [0.25, 0.3) is 0 Å². The van der Waals surface area contributed by atoms with Crippen molar-refractivity contribution < 1.29 is 14.4 Å². The standard InChI is InChI=1S/C7H14N4O3/c1-3(8)7(14)11-4(6(10)13)2-5(9)12/h3-4H,2,8H2,1H3,(H2,9,12)(H2,10,13)(H,11,14)/t3-,4-/m0/s1. The van der Waals surface area contributed by atoms with Crippen molar-refractivity contribution in [1.29, 1.82) is 0 Å². The van der Waals surface area contributed by atoms with Crippen LogP contribution in [-0.4, -0.2) is 29.8 Å². The van der Waals surface area contributed by atoms with E-state index >= 15 is 0 Å². The number of nitrogens with two attached hydrogens (primary N) is 3. The van der Waals surface area contributed by atoms with Crippen molar-refractivity contribution in [2.24, 2.45) is 17.2 Å². The quantitative estimate of drug-likeness (QED) is 0.381.